The number of hydrogen-bond donors (Lipinski definition) is 1. The van der Waals surface area contributed by atoms with Crippen LogP contribution in [0.5, 0.6) is 0 Å². The number of hydrogen-bond acceptors (Lipinski definition) is 3. The Morgan fingerprint density at radius 3 is 2.41 bits per heavy atom. The molecule has 3 aromatic rings. The highest BCUT2D eigenvalue weighted by Crippen LogP contribution is 2.29. The number of nitrogens with zero attached hydrogens (tertiary/aromatic N) is 1. The molecule has 0 unspecified atom stereocenters. The molecular formula is C26H25ClN2O3. The SMILES string of the molecule is CC1CCN(C(=O)C(=Cc2ccc(-c3ccccc3Cl)o2)NC(=O)c2ccccc2)CC1. The van der Waals surface area contributed by atoms with Gasteiger partial charge in [0, 0.05) is 30.3 Å². The fraction of sp³-hybridized carbons (Fsp3) is 0.231. The quantitative estimate of drug-likeness (QED) is 0.514. The molecule has 1 aromatic heterocycles. The van der Waals surface area contributed by atoms with Crippen LogP contribution in [0.2, 0.25) is 5.02 Å². The van der Waals surface area contributed by atoms with E-state index in [1.165, 1.54) is 0 Å². The predicted molar refractivity (Wildman–Crippen MR) is 126 cm³/mol. The van der Waals surface area contributed by atoms with E-state index in [2.05, 4.69) is 12.2 Å². The normalized spacial score (nSPS) is 14.9. The van der Waals surface area contributed by atoms with Crippen LogP contribution in [-0.2, 0) is 4.79 Å². The van der Waals surface area contributed by atoms with E-state index in [4.69, 9.17) is 16.0 Å². The molecule has 5 nitrogen and oxygen atoms in total. The summed E-state index contributed by atoms with van der Waals surface area (Å²) in [4.78, 5) is 27.9. The third-order valence-electron chi connectivity index (χ3n) is 5.64. The van der Waals surface area contributed by atoms with E-state index < -0.39 is 0 Å². The molecule has 0 saturated carbocycles. The maximum Gasteiger partial charge on any atom is 0.270 e. The van der Waals surface area contributed by atoms with Crippen molar-refractivity contribution < 1.29 is 14.0 Å². The van der Waals surface area contributed by atoms with Gasteiger partial charge in [0.2, 0.25) is 0 Å². The fourth-order valence-corrected chi connectivity index (χ4v) is 3.92. The average molecular weight is 449 g/mol. The van der Waals surface area contributed by atoms with E-state index >= 15 is 0 Å². The summed E-state index contributed by atoms with van der Waals surface area (Å²) < 4.78 is 5.94. The molecule has 1 fully saturated rings. The molecular weight excluding hydrogens is 424 g/mol. The zero-order valence-electron chi connectivity index (χ0n) is 17.9. The number of furan rings is 1. The number of benzene rings is 2. The Labute approximate surface area is 192 Å². The Kier molecular flexibility index (Phi) is 6.76. The second kappa shape index (κ2) is 9.88. The van der Waals surface area contributed by atoms with Crippen molar-refractivity contribution in [2.45, 2.75) is 19.8 Å². The summed E-state index contributed by atoms with van der Waals surface area (Å²) in [7, 11) is 0. The molecule has 2 heterocycles. The highest BCUT2D eigenvalue weighted by Gasteiger charge is 2.25. The monoisotopic (exact) mass is 448 g/mol. The molecule has 0 radical (unpaired) electrons. The number of nitrogens with one attached hydrogen (secondary N) is 1. The number of rotatable bonds is 5. The summed E-state index contributed by atoms with van der Waals surface area (Å²) in [5.41, 5.74) is 1.43. The maximum atomic E-state index is 13.3. The molecule has 1 saturated heterocycles. The molecule has 2 aromatic carbocycles. The third-order valence-corrected chi connectivity index (χ3v) is 5.97. The van der Waals surface area contributed by atoms with Crippen molar-refractivity contribution >= 4 is 29.5 Å². The molecule has 164 valence electrons. The Bertz CT molecular complexity index is 1130. The van der Waals surface area contributed by atoms with E-state index in [9.17, 15) is 9.59 Å². The molecule has 6 heteroatoms. The Hall–Kier alpha value is -3.31. The van der Waals surface area contributed by atoms with Crippen LogP contribution in [0.3, 0.4) is 0 Å². The van der Waals surface area contributed by atoms with Gasteiger partial charge in [-0.05, 0) is 55.2 Å². The summed E-state index contributed by atoms with van der Waals surface area (Å²) in [5.74, 6) is 1.09. The Morgan fingerprint density at radius 2 is 1.69 bits per heavy atom. The summed E-state index contributed by atoms with van der Waals surface area (Å²) in [5, 5.41) is 3.37. The smallest absolute Gasteiger partial charge is 0.270 e. The van der Waals surface area contributed by atoms with Crippen LogP contribution < -0.4 is 5.32 Å². The van der Waals surface area contributed by atoms with E-state index in [1.54, 1.807) is 53.4 Å². The first-order chi connectivity index (χ1) is 15.5. The van der Waals surface area contributed by atoms with Crippen LogP contribution >= 0.6 is 11.6 Å². The van der Waals surface area contributed by atoms with E-state index in [0.29, 0.717) is 41.1 Å². The minimum Gasteiger partial charge on any atom is -0.457 e. The van der Waals surface area contributed by atoms with Gasteiger partial charge in [-0.25, -0.2) is 0 Å². The first-order valence-electron chi connectivity index (χ1n) is 10.7. The zero-order chi connectivity index (χ0) is 22.5. The molecule has 32 heavy (non-hydrogen) atoms. The lowest BCUT2D eigenvalue weighted by Gasteiger charge is -2.31. The second-order valence-electron chi connectivity index (χ2n) is 8.03. The van der Waals surface area contributed by atoms with Crippen molar-refractivity contribution in [3.05, 3.63) is 88.8 Å². The summed E-state index contributed by atoms with van der Waals surface area (Å²) in [6, 6.07) is 19.8. The number of piperidine rings is 1. The van der Waals surface area contributed by atoms with Gasteiger partial charge in [0.05, 0.1) is 5.02 Å². The van der Waals surface area contributed by atoms with Crippen LogP contribution in [0, 0.1) is 5.92 Å². The lowest BCUT2D eigenvalue weighted by atomic mass is 9.99. The van der Waals surface area contributed by atoms with Gasteiger partial charge in [-0.3, -0.25) is 9.59 Å². The topological polar surface area (TPSA) is 62.6 Å². The van der Waals surface area contributed by atoms with Crippen LogP contribution in [0.15, 0.2) is 76.8 Å². The Morgan fingerprint density at radius 1 is 1.00 bits per heavy atom. The van der Waals surface area contributed by atoms with Gasteiger partial charge in [-0.2, -0.15) is 0 Å². The van der Waals surface area contributed by atoms with Crippen LogP contribution in [-0.4, -0.2) is 29.8 Å². The van der Waals surface area contributed by atoms with Gasteiger partial charge >= 0.3 is 0 Å². The van der Waals surface area contributed by atoms with Gasteiger partial charge in [-0.1, -0.05) is 48.9 Å². The zero-order valence-corrected chi connectivity index (χ0v) is 18.6. The van der Waals surface area contributed by atoms with Crippen molar-refractivity contribution in [1.82, 2.24) is 10.2 Å². The standard InChI is InChI=1S/C26H25ClN2O3/c1-18-13-15-29(16-14-18)26(31)23(28-25(30)19-7-3-2-4-8-19)17-20-11-12-24(32-20)21-9-5-6-10-22(21)27/h2-12,17-18H,13-16H2,1H3,(H,28,30). The lowest BCUT2D eigenvalue weighted by molar-refractivity contribution is -0.128. The summed E-state index contributed by atoms with van der Waals surface area (Å²) >= 11 is 6.28. The third kappa shape index (κ3) is 5.11. The molecule has 0 bridgehead atoms. The van der Waals surface area contributed by atoms with Crippen LogP contribution in [0.25, 0.3) is 17.4 Å². The summed E-state index contributed by atoms with van der Waals surface area (Å²) in [6.45, 7) is 3.53. The van der Waals surface area contributed by atoms with Crippen molar-refractivity contribution in [3.63, 3.8) is 0 Å². The van der Waals surface area contributed by atoms with Crippen molar-refractivity contribution in [1.29, 1.82) is 0 Å². The Balaban J connectivity index is 1.62. The minimum absolute atomic E-state index is 0.188. The molecule has 1 aliphatic heterocycles. The number of halogens is 1. The van der Waals surface area contributed by atoms with E-state index in [0.717, 1.165) is 18.4 Å². The second-order valence-corrected chi connectivity index (χ2v) is 8.44. The van der Waals surface area contributed by atoms with Crippen LogP contribution in [0.4, 0.5) is 0 Å². The van der Waals surface area contributed by atoms with Gasteiger partial charge in [0.15, 0.2) is 0 Å². The van der Waals surface area contributed by atoms with Gasteiger partial charge in [0.25, 0.3) is 11.8 Å². The number of carbonyl (C=O) groups is 2. The average Bonchev–Trinajstić information content (AvgIpc) is 3.28. The van der Waals surface area contributed by atoms with Gasteiger partial charge < -0.3 is 14.6 Å². The maximum absolute atomic E-state index is 13.3. The molecule has 1 N–H and O–H groups in total. The van der Waals surface area contributed by atoms with E-state index in [-0.39, 0.29) is 17.5 Å². The minimum atomic E-state index is -0.339. The van der Waals surface area contributed by atoms with Crippen molar-refractivity contribution in [2.75, 3.05) is 13.1 Å². The molecule has 0 atom stereocenters. The first-order valence-corrected chi connectivity index (χ1v) is 11.1. The predicted octanol–water partition coefficient (Wildman–Crippen LogP) is 5.63. The van der Waals surface area contributed by atoms with E-state index in [1.807, 2.05) is 24.3 Å². The van der Waals surface area contributed by atoms with Gasteiger partial charge in [-0.15, -0.1) is 0 Å². The van der Waals surface area contributed by atoms with Crippen LogP contribution in [0.1, 0.15) is 35.9 Å². The molecule has 0 aliphatic carbocycles. The number of carbonyl (C=O) groups excluding carboxylic acids is 2. The fourth-order valence-electron chi connectivity index (χ4n) is 3.70. The molecule has 2 amide bonds. The first kappa shape index (κ1) is 21.9. The number of amides is 2. The largest absolute Gasteiger partial charge is 0.457 e. The number of likely N-dealkylation sites (tertiary alicyclic amines) is 1. The molecule has 1 aliphatic rings. The highest BCUT2D eigenvalue weighted by molar-refractivity contribution is 6.33. The molecule has 4 rings (SSSR count). The summed E-state index contributed by atoms with van der Waals surface area (Å²) in [6.07, 6.45) is 3.48. The van der Waals surface area contributed by atoms with Gasteiger partial charge in [0.1, 0.15) is 17.2 Å². The molecule has 0 spiro atoms. The van der Waals surface area contributed by atoms with Crippen molar-refractivity contribution in [2.24, 2.45) is 5.92 Å². The van der Waals surface area contributed by atoms with Crippen molar-refractivity contribution in [3.8, 4) is 11.3 Å². The lowest BCUT2D eigenvalue weighted by Crippen LogP contribution is -2.42. The highest BCUT2D eigenvalue weighted by atomic mass is 35.5.